The maximum absolute atomic E-state index is 12.2. The number of likely N-dealkylation sites (tertiary alicyclic amines) is 1. The average Bonchev–Trinajstić information content (AvgIpc) is 3.12. The summed E-state index contributed by atoms with van der Waals surface area (Å²) in [6, 6.07) is 0.281. The molecule has 29 heavy (non-hydrogen) atoms. The van der Waals surface area contributed by atoms with Crippen LogP contribution in [0.5, 0.6) is 0 Å². The lowest BCUT2D eigenvalue weighted by Crippen LogP contribution is -2.72. The van der Waals surface area contributed by atoms with Crippen LogP contribution in [0.4, 0.5) is 0 Å². The molecule has 160 valence electrons. The van der Waals surface area contributed by atoms with Crippen LogP contribution in [-0.4, -0.2) is 58.5 Å². The van der Waals surface area contributed by atoms with Crippen LogP contribution in [0.25, 0.3) is 0 Å². The summed E-state index contributed by atoms with van der Waals surface area (Å²) in [6.45, 7) is 12.5. The van der Waals surface area contributed by atoms with Crippen molar-refractivity contribution in [3.05, 3.63) is 12.2 Å². The molecular weight excluding hydrogens is 366 g/mol. The summed E-state index contributed by atoms with van der Waals surface area (Å²) in [5.74, 6) is 0.606. The van der Waals surface area contributed by atoms with E-state index in [0.717, 1.165) is 50.8 Å². The molecule has 1 saturated heterocycles. The molecule has 7 rings (SSSR count). The fourth-order valence-electron chi connectivity index (χ4n) is 10.3. The van der Waals surface area contributed by atoms with Crippen molar-refractivity contribution in [1.29, 1.82) is 0 Å². The van der Waals surface area contributed by atoms with Gasteiger partial charge >= 0.3 is 5.97 Å². The molecule has 6 aliphatic carbocycles. The fraction of sp³-hybridized carbons (Fsp3) is 0.875. The smallest absolute Gasteiger partial charge is 0.302 e. The predicted octanol–water partition coefficient (Wildman–Crippen LogP) is 2.36. The molecule has 1 unspecified atom stereocenters. The van der Waals surface area contributed by atoms with E-state index in [2.05, 4.69) is 25.3 Å². The van der Waals surface area contributed by atoms with Crippen molar-refractivity contribution in [2.24, 2.45) is 39.9 Å². The SMILES string of the molecule is C=C1[C@H]2CC[C@]3([C@@H]1O)[C@H]1C[C@H]4C5([C@@H](O)CC[C@@]4(C)CN(CC)[C@H]15)[C@@H]3[C@H]2OC(C)=O. The van der Waals surface area contributed by atoms with Gasteiger partial charge in [0.05, 0.1) is 12.2 Å². The monoisotopic (exact) mass is 401 g/mol. The molecule has 0 radical (unpaired) electrons. The third-order valence-electron chi connectivity index (χ3n) is 10.8. The Balaban J connectivity index is 1.61. The van der Waals surface area contributed by atoms with Gasteiger partial charge < -0.3 is 14.9 Å². The van der Waals surface area contributed by atoms with E-state index in [9.17, 15) is 15.0 Å². The fourth-order valence-corrected chi connectivity index (χ4v) is 10.3. The van der Waals surface area contributed by atoms with Crippen molar-refractivity contribution in [1.82, 2.24) is 4.90 Å². The van der Waals surface area contributed by atoms with Crippen molar-refractivity contribution in [2.45, 2.75) is 77.2 Å². The largest absolute Gasteiger partial charge is 0.462 e. The molecule has 1 heterocycles. The Morgan fingerprint density at radius 1 is 1.31 bits per heavy atom. The van der Waals surface area contributed by atoms with Gasteiger partial charge in [0.1, 0.15) is 6.10 Å². The Morgan fingerprint density at radius 3 is 2.76 bits per heavy atom. The Labute approximate surface area is 173 Å². The molecule has 0 aromatic carbocycles. The number of ether oxygens (including phenoxy) is 1. The number of aliphatic hydroxyl groups is 2. The van der Waals surface area contributed by atoms with E-state index in [1.807, 2.05) is 0 Å². The zero-order valence-electron chi connectivity index (χ0n) is 17.9. The lowest BCUT2D eigenvalue weighted by molar-refractivity contribution is -0.261. The summed E-state index contributed by atoms with van der Waals surface area (Å²) in [5.41, 5.74) is 0.492. The number of aliphatic hydroxyl groups excluding tert-OH is 2. The third-order valence-corrected chi connectivity index (χ3v) is 10.8. The normalized spacial score (nSPS) is 59.7. The van der Waals surface area contributed by atoms with Crippen molar-refractivity contribution >= 4 is 5.97 Å². The van der Waals surface area contributed by atoms with Gasteiger partial charge in [-0.3, -0.25) is 9.69 Å². The zero-order valence-corrected chi connectivity index (χ0v) is 17.9. The van der Waals surface area contributed by atoms with Crippen molar-refractivity contribution < 1.29 is 19.7 Å². The Hall–Kier alpha value is -0.910. The van der Waals surface area contributed by atoms with Gasteiger partial charge in [0.25, 0.3) is 0 Å². The summed E-state index contributed by atoms with van der Waals surface area (Å²) in [5, 5.41) is 23.3. The van der Waals surface area contributed by atoms with Crippen LogP contribution in [0.2, 0.25) is 0 Å². The van der Waals surface area contributed by atoms with Crippen LogP contribution >= 0.6 is 0 Å². The number of esters is 1. The minimum atomic E-state index is -0.539. The van der Waals surface area contributed by atoms with Crippen LogP contribution in [0, 0.1) is 39.9 Å². The Bertz CT molecular complexity index is 798. The van der Waals surface area contributed by atoms with E-state index in [0.29, 0.717) is 11.8 Å². The standard InChI is InChI=1S/C24H35NO4/c1-5-25-11-22(4)8-7-17(27)24-16(22)10-15(20(24)25)23-9-6-14(12(2)21(23)28)18(19(23)24)29-13(3)26/h14-21,27-28H,2,5-11H2,1,3-4H3/t14-,15+,16-,17+,18+,19-,20-,21-,22+,23+,24?/m1/s1. The molecule has 2 N–H and O–H groups in total. The number of fused-ring (bicyclic) bond motifs is 2. The highest BCUT2D eigenvalue weighted by Crippen LogP contribution is 2.83. The van der Waals surface area contributed by atoms with Crippen LogP contribution in [0.3, 0.4) is 0 Å². The number of rotatable bonds is 2. The summed E-state index contributed by atoms with van der Waals surface area (Å²) in [4.78, 5) is 14.8. The Morgan fingerprint density at radius 2 is 2.07 bits per heavy atom. The van der Waals surface area contributed by atoms with E-state index in [1.54, 1.807) is 0 Å². The molecule has 7 aliphatic rings. The van der Waals surface area contributed by atoms with Crippen LogP contribution in [0.15, 0.2) is 12.2 Å². The molecule has 7 bridgehead atoms. The van der Waals surface area contributed by atoms with Gasteiger partial charge in [-0.25, -0.2) is 0 Å². The van der Waals surface area contributed by atoms with E-state index in [4.69, 9.17) is 4.74 Å². The number of hydrogen-bond donors (Lipinski definition) is 2. The lowest BCUT2D eigenvalue weighted by Gasteiger charge is -2.69. The quantitative estimate of drug-likeness (QED) is 0.549. The summed E-state index contributed by atoms with van der Waals surface area (Å²) in [6.07, 6.45) is 3.72. The van der Waals surface area contributed by atoms with Crippen molar-refractivity contribution in [3.8, 4) is 0 Å². The molecule has 11 atom stereocenters. The topological polar surface area (TPSA) is 70.0 Å². The highest BCUT2D eigenvalue weighted by atomic mass is 16.5. The number of hydrogen-bond acceptors (Lipinski definition) is 5. The summed E-state index contributed by atoms with van der Waals surface area (Å²) < 4.78 is 6.07. The second-order valence-corrected chi connectivity index (χ2v) is 11.4. The summed E-state index contributed by atoms with van der Waals surface area (Å²) in [7, 11) is 0. The first-order valence-electron chi connectivity index (χ1n) is 11.7. The molecule has 2 spiro atoms. The van der Waals surface area contributed by atoms with Crippen LogP contribution < -0.4 is 0 Å². The van der Waals surface area contributed by atoms with E-state index < -0.39 is 6.10 Å². The van der Waals surface area contributed by atoms with Crippen LogP contribution in [0.1, 0.15) is 52.9 Å². The number of carbonyl (C=O) groups is 1. The van der Waals surface area contributed by atoms with Gasteiger partial charge in [-0.1, -0.05) is 20.4 Å². The molecular formula is C24H35NO4. The third kappa shape index (κ3) is 1.77. The molecule has 0 aromatic rings. The first-order valence-corrected chi connectivity index (χ1v) is 11.7. The zero-order chi connectivity index (χ0) is 20.5. The highest BCUT2D eigenvalue weighted by Gasteiger charge is 2.86. The van der Waals surface area contributed by atoms with Gasteiger partial charge in [0.2, 0.25) is 0 Å². The van der Waals surface area contributed by atoms with Crippen LogP contribution in [-0.2, 0) is 9.53 Å². The average molecular weight is 402 g/mol. The molecule has 5 nitrogen and oxygen atoms in total. The van der Waals surface area contributed by atoms with Gasteiger partial charge in [0, 0.05) is 42.2 Å². The lowest BCUT2D eigenvalue weighted by atomic mass is 9.38. The Kier molecular flexibility index (Phi) is 3.55. The van der Waals surface area contributed by atoms with Gasteiger partial charge in [-0.15, -0.1) is 0 Å². The molecule has 7 fully saturated rings. The van der Waals surface area contributed by atoms with E-state index >= 15 is 0 Å². The minimum absolute atomic E-state index is 0.0192. The number of piperidine rings is 1. The first-order chi connectivity index (χ1) is 13.7. The van der Waals surface area contributed by atoms with Gasteiger partial charge in [-0.2, -0.15) is 0 Å². The maximum Gasteiger partial charge on any atom is 0.302 e. The molecule has 0 amide bonds. The second kappa shape index (κ2) is 5.46. The van der Waals surface area contributed by atoms with E-state index in [1.165, 1.54) is 6.92 Å². The highest BCUT2D eigenvalue weighted by molar-refractivity contribution is 5.66. The minimum Gasteiger partial charge on any atom is -0.462 e. The maximum atomic E-state index is 12.2. The summed E-state index contributed by atoms with van der Waals surface area (Å²) >= 11 is 0. The van der Waals surface area contributed by atoms with Crippen molar-refractivity contribution in [3.63, 3.8) is 0 Å². The number of carbonyl (C=O) groups excluding carboxylic acids is 1. The van der Waals surface area contributed by atoms with Gasteiger partial charge in [-0.05, 0) is 61.5 Å². The molecule has 5 heteroatoms. The van der Waals surface area contributed by atoms with Gasteiger partial charge in [0.15, 0.2) is 0 Å². The second-order valence-electron chi connectivity index (χ2n) is 11.4. The number of nitrogens with zero attached hydrogens (tertiary/aromatic N) is 1. The van der Waals surface area contributed by atoms with Crippen molar-refractivity contribution in [2.75, 3.05) is 13.1 Å². The van der Waals surface area contributed by atoms with E-state index in [-0.39, 0.29) is 52.3 Å². The first kappa shape index (κ1) is 18.8. The molecule has 6 saturated carbocycles. The predicted molar refractivity (Wildman–Crippen MR) is 108 cm³/mol. The molecule has 1 aliphatic heterocycles. The molecule has 0 aromatic heterocycles.